The molecule has 1 atom stereocenters. The Balaban J connectivity index is 2.21. The third-order valence-corrected chi connectivity index (χ3v) is 3.55. The Labute approximate surface area is 98.8 Å². The SMILES string of the molecule is N[C@H](c1cc(F)c(F)c(F)c1)C1CCCCC1. The van der Waals surface area contributed by atoms with E-state index in [0.717, 1.165) is 37.8 Å². The molecule has 1 nitrogen and oxygen atoms in total. The number of benzene rings is 1. The van der Waals surface area contributed by atoms with Crippen molar-refractivity contribution in [3.8, 4) is 0 Å². The van der Waals surface area contributed by atoms with Gasteiger partial charge < -0.3 is 5.73 Å². The second-order valence-electron chi connectivity index (χ2n) is 4.72. The molecule has 0 unspecified atom stereocenters. The molecule has 1 aromatic carbocycles. The quantitative estimate of drug-likeness (QED) is 0.788. The Morgan fingerprint density at radius 1 is 1.00 bits per heavy atom. The molecule has 0 spiro atoms. The highest BCUT2D eigenvalue weighted by atomic mass is 19.2. The van der Waals surface area contributed by atoms with E-state index in [1.165, 1.54) is 6.42 Å². The summed E-state index contributed by atoms with van der Waals surface area (Å²) in [7, 11) is 0. The number of nitrogens with two attached hydrogens (primary N) is 1. The molecule has 1 aliphatic carbocycles. The second kappa shape index (κ2) is 5.08. The van der Waals surface area contributed by atoms with Crippen LogP contribution in [0.1, 0.15) is 43.7 Å². The van der Waals surface area contributed by atoms with Gasteiger partial charge in [-0.25, -0.2) is 13.2 Å². The van der Waals surface area contributed by atoms with Crippen molar-refractivity contribution in [1.82, 2.24) is 0 Å². The Morgan fingerprint density at radius 3 is 2.06 bits per heavy atom. The summed E-state index contributed by atoms with van der Waals surface area (Å²) in [5, 5.41) is 0. The Bertz CT molecular complexity index is 377. The molecule has 94 valence electrons. The van der Waals surface area contributed by atoms with Crippen LogP contribution in [-0.4, -0.2) is 0 Å². The molecule has 0 aromatic heterocycles. The topological polar surface area (TPSA) is 26.0 Å². The minimum atomic E-state index is -1.43. The third-order valence-electron chi connectivity index (χ3n) is 3.55. The van der Waals surface area contributed by atoms with Crippen LogP contribution in [0.2, 0.25) is 0 Å². The molecule has 0 heterocycles. The van der Waals surface area contributed by atoms with Gasteiger partial charge in [-0.3, -0.25) is 0 Å². The fourth-order valence-corrected chi connectivity index (χ4v) is 2.53. The van der Waals surface area contributed by atoms with Gasteiger partial charge in [0, 0.05) is 6.04 Å². The predicted octanol–water partition coefficient (Wildman–Crippen LogP) is 3.68. The average Bonchev–Trinajstić information content (AvgIpc) is 2.35. The van der Waals surface area contributed by atoms with Gasteiger partial charge in [-0.15, -0.1) is 0 Å². The molecule has 2 rings (SSSR count). The van der Waals surface area contributed by atoms with E-state index in [2.05, 4.69) is 0 Å². The zero-order valence-corrected chi connectivity index (χ0v) is 9.56. The number of hydrogen-bond donors (Lipinski definition) is 1. The molecule has 0 bridgehead atoms. The molecule has 4 heteroatoms. The molecule has 2 N–H and O–H groups in total. The molecule has 1 fully saturated rings. The summed E-state index contributed by atoms with van der Waals surface area (Å²) < 4.78 is 39.0. The van der Waals surface area contributed by atoms with Crippen molar-refractivity contribution in [2.24, 2.45) is 11.7 Å². The molecule has 0 radical (unpaired) electrons. The van der Waals surface area contributed by atoms with Crippen LogP contribution >= 0.6 is 0 Å². The van der Waals surface area contributed by atoms with Crippen LogP contribution in [0.4, 0.5) is 13.2 Å². The van der Waals surface area contributed by atoms with Crippen molar-refractivity contribution in [2.45, 2.75) is 38.1 Å². The largest absolute Gasteiger partial charge is 0.324 e. The van der Waals surface area contributed by atoms with Crippen LogP contribution in [0.3, 0.4) is 0 Å². The summed E-state index contributed by atoms with van der Waals surface area (Å²) in [4.78, 5) is 0. The van der Waals surface area contributed by atoms with Crippen molar-refractivity contribution in [1.29, 1.82) is 0 Å². The van der Waals surface area contributed by atoms with Crippen LogP contribution < -0.4 is 5.73 Å². The summed E-state index contributed by atoms with van der Waals surface area (Å²) in [5.41, 5.74) is 6.36. The average molecular weight is 243 g/mol. The summed E-state index contributed by atoms with van der Waals surface area (Å²) in [5.74, 6) is -3.50. The van der Waals surface area contributed by atoms with Gasteiger partial charge in [0.2, 0.25) is 0 Å². The first-order valence-electron chi connectivity index (χ1n) is 5.99. The van der Waals surface area contributed by atoms with E-state index in [0.29, 0.717) is 5.56 Å². The van der Waals surface area contributed by atoms with Gasteiger partial charge in [0.05, 0.1) is 0 Å². The summed E-state index contributed by atoms with van der Waals surface area (Å²) in [6, 6.07) is 1.62. The van der Waals surface area contributed by atoms with E-state index in [4.69, 9.17) is 5.73 Å². The molecule has 1 aliphatic rings. The Morgan fingerprint density at radius 2 is 1.53 bits per heavy atom. The fourth-order valence-electron chi connectivity index (χ4n) is 2.53. The van der Waals surface area contributed by atoms with E-state index >= 15 is 0 Å². The number of rotatable bonds is 2. The summed E-state index contributed by atoms with van der Waals surface area (Å²) in [6.07, 6.45) is 5.34. The molecule has 0 amide bonds. The zero-order chi connectivity index (χ0) is 12.4. The van der Waals surface area contributed by atoms with Crippen LogP contribution in [-0.2, 0) is 0 Å². The molecule has 17 heavy (non-hydrogen) atoms. The molecular formula is C13H16F3N. The van der Waals surface area contributed by atoms with Crippen LogP contribution in [0.15, 0.2) is 12.1 Å². The molecule has 0 saturated heterocycles. The number of hydrogen-bond acceptors (Lipinski definition) is 1. The lowest BCUT2D eigenvalue weighted by Crippen LogP contribution is -2.24. The van der Waals surface area contributed by atoms with E-state index in [1.807, 2.05) is 0 Å². The smallest absolute Gasteiger partial charge is 0.194 e. The van der Waals surface area contributed by atoms with Gasteiger partial charge in [-0.2, -0.15) is 0 Å². The van der Waals surface area contributed by atoms with Crippen molar-refractivity contribution < 1.29 is 13.2 Å². The summed E-state index contributed by atoms with van der Waals surface area (Å²) >= 11 is 0. The lowest BCUT2D eigenvalue weighted by Gasteiger charge is -2.27. The highest BCUT2D eigenvalue weighted by Crippen LogP contribution is 2.33. The third kappa shape index (κ3) is 2.63. The second-order valence-corrected chi connectivity index (χ2v) is 4.72. The maximum absolute atomic E-state index is 13.1. The van der Waals surface area contributed by atoms with Gasteiger partial charge in [-0.05, 0) is 36.5 Å². The lowest BCUT2D eigenvalue weighted by atomic mass is 9.81. The monoisotopic (exact) mass is 243 g/mol. The first-order valence-corrected chi connectivity index (χ1v) is 5.99. The van der Waals surface area contributed by atoms with Crippen molar-refractivity contribution in [3.63, 3.8) is 0 Å². The van der Waals surface area contributed by atoms with Gasteiger partial charge in [-0.1, -0.05) is 19.3 Å². The van der Waals surface area contributed by atoms with Crippen molar-refractivity contribution in [2.75, 3.05) is 0 Å². The van der Waals surface area contributed by atoms with E-state index in [9.17, 15) is 13.2 Å². The molecule has 1 aromatic rings. The standard InChI is InChI=1S/C13H16F3N/c14-10-6-9(7-11(15)12(10)16)13(17)8-4-2-1-3-5-8/h6-8,13H,1-5,17H2/t13-/m0/s1. The molecular weight excluding hydrogens is 227 g/mol. The molecule has 1 saturated carbocycles. The first-order chi connectivity index (χ1) is 8.09. The molecule has 0 aliphatic heterocycles. The zero-order valence-electron chi connectivity index (χ0n) is 9.56. The Kier molecular flexibility index (Phi) is 3.72. The van der Waals surface area contributed by atoms with Crippen LogP contribution in [0, 0.1) is 23.4 Å². The van der Waals surface area contributed by atoms with Crippen molar-refractivity contribution >= 4 is 0 Å². The van der Waals surface area contributed by atoms with Gasteiger partial charge >= 0.3 is 0 Å². The lowest BCUT2D eigenvalue weighted by molar-refractivity contribution is 0.306. The van der Waals surface area contributed by atoms with E-state index in [1.54, 1.807) is 0 Å². The predicted molar refractivity (Wildman–Crippen MR) is 59.8 cm³/mol. The van der Waals surface area contributed by atoms with Crippen LogP contribution in [0.25, 0.3) is 0 Å². The highest BCUT2D eigenvalue weighted by Gasteiger charge is 2.23. The van der Waals surface area contributed by atoms with Gasteiger partial charge in [0.1, 0.15) is 0 Å². The van der Waals surface area contributed by atoms with E-state index in [-0.39, 0.29) is 5.92 Å². The van der Waals surface area contributed by atoms with Gasteiger partial charge in [0.25, 0.3) is 0 Å². The number of halogens is 3. The Hall–Kier alpha value is -1.03. The fraction of sp³-hybridized carbons (Fsp3) is 0.538. The minimum absolute atomic E-state index is 0.244. The normalized spacial score (nSPS) is 19.3. The maximum Gasteiger partial charge on any atom is 0.194 e. The van der Waals surface area contributed by atoms with Crippen molar-refractivity contribution in [3.05, 3.63) is 35.1 Å². The minimum Gasteiger partial charge on any atom is -0.324 e. The van der Waals surface area contributed by atoms with E-state index < -0.39 is 23.5 Å². The first kappa shape index (κ1) is 12.4. The maximum atomic E-state index is 13.1. The highest BCUT2D eigenvalue weighted by molar-refractivity contribution is 5.23. The van der Waals surface area contributed by atoms with Crippen LogP contribution in [0.5, 0.6) is 0 Å². The van der Waals surface area contributed by atoms with Gasteiger partial charge in [0.15, 0.2) is 17.5 Å². The summed E-state index contributed by atoms with van der Waals surface area (Å²) in [6.45, 7) is 0.